The first-order valence-corrected chi connectivity index (χ1v) is 6.18. The highest BCUT2D eigenvalue weighted by atomic mass is 16.5. The topological polar surface area (TPSA) is 44.8 Å². The van der Waals surface area contributed by atoms with Gasteiger partial charge >= 0.3 is 5.97 Å². The molecular formula is C16H16O4. The van der Waals surface area contributed by atoms with Gasteiger partial charge in [0.15, 0.2) is 11.5 Å². The zero-order valence-corrected chi connectivity index (χ0v) is 11.5. The van der Waals surface area contributed by atoms with Gasteiger partial charge in [0.1, 0.15) is 12.2 Å². The van der Waals surface area contributed by atoms with Gasteiger partial charge in [-0.2, -0.15) is 0 Å². The van der Waals surface area contributed by atoms with Crippen LogP contribution in [-0.2, 0) is 11.3 Å². The zero-order valence-electron chi connectivity index (χ0n) is 11.5. The summed E-state index contributed by atoms with van der Waals surface area (Å²) in [7, 11) is 3.02. The number of carbonyl (C=O) groups excluding carboxylic acids is 1. The number of para-hydroxylation sites is 1. The molecule has 4 heteroatoms. The van der Waals surface area contributed by atoms with Gasteiger partial charge in [-0.05, 0) is 17.7 Å². The molecular weight excluding hydrogens is 256 g/mol. The van der Waals surface area contributed by atoms with Gasteiger partial charge in [0.25, 0.3) is 0 Å². The van der Waals surface area contributed by atoms with Crippen molar-refractivity contribution in [3.63, 3.8) is 0 Å². The predicted octanol–water partition coefficient (Wildman–Crippen LogP) is 3.06. The van der Waals surface area contributed by atoms with Gasteiger partial charge in [-0.3, -0.25) is 0 Å². The van der Waals surface area contributed by atoms with Crippen LogP contribution in [0.2, 0.25) is 0 Å². The second kappa shape index (κ2) is 6.61. The molecule has 0 aromatic heterocycles. The maximum absolute atomic E-state index is 12.1. The van der Waals surface area contributed by atoms with E-state index in [1.54, 1.807) is 18.2 Å². The first-order valence-electron chi connectivity index (χ1n) is 6.18. The van der Waals surface area contributed by atoms with Crippen molar-refractivity contribution in [2.24, 2.45) is 0 Å². The van der Waals surface area contributed by atoms with Crippen LogP contribution in [0.5, 0.6) is 11.5 Å². The minimum atomic E-state index is -0.440. The van der Waals surface area contributed by atoms with Crippen LogP contribution in [-0.4, -0.2) is 20.2 Å². The number of esters is 1. The average molecular weight is 272 g/mol. The SMILES string of the molecule is COc1cccc(C(=O)OCc2ccccc2)c1OC. The maximum Gasteiger partial charge on any atom is 0.342 e. The van der Waals surface area contributed by atoms with Gasteiger partial charge in [0.2, 0.25) is 0 Å². The normalized spacial score (nSPS) is 9.90. The predicted molar refractivity (Wildman–Crippen MR) is 75.1 cm³/mol. The van der Waals surface area contributed by atoms with Crippen LogP contribution in [0.1, 0.15) is 15.9 Å². The molecule has 20 heavy (non-hydrogen) atoms. The van der Waals surface area contributed by atoms with Gasteiger partial charge in [-0.15, -0.1) is 0 Å². The van der Waals surface area contributed by atoms with Gasteiger partial charge in [0.05, 0.1) is 14.2 Å². The number of ether oxygens (including phenoxy) is 3. The van der Waals surface area contributed by atoms with Crippen molar-refractivity contribution in [1.82, 2.24) is 0 Å². The molecule has 104 valence electrons. The fraction of sp³-hybridized carbons (Fsp3) is 0.188. The van der Waals surface area contributed by atoms with Crippen molar-refractivity contribution < 1.29 is 19.0 Å². The summed E-state index contributed by atoms with van der Waals surface area (Å²) in [6.07, 6.45) is 0. The Bertz CT molecular complexity index is 578. The molecule has 0 heterocycles. The van der Waals surface area contributed by atoms with E-state index in [-0.39, 0.29) is 6.61 Å². The van der Waals surface area contributed by atoms with E-state index < -0.39 is 5.97 Å². The fourth-order valence-electron chi connectivity index (χ4n) is 1.85. The summed E-state index contributed by atoms with van der Waals surface area (Å²) in [6, 6.07) is 14.6. The molecule has 0 unspecified atom stereocenters. The molecule has 0 amide bonds. The Balaban J connectivity index is 2.13. The van der Waals surface area contributed by atoms with Gasteiger partial charge in [0, 0.05) is 0 Å². The Hall–Kier alpha value is -2.49. The lowest BCUT2D eigenvalue weighted by molar-refractivity contribution is 0.0468. The van der Waals surface area contributed by atoms with Crippen molar-refractivity contribution in [3.05, 3.63) is 59.7 Å². The molecule has 2 aromatic carbocycles. The van der Waals surface area contributed by atoms with Crippen LogP contribution in [0.4, 0.5) is 0 Å². The summed E-state index contributed by atoms with van der Waals surface area (Å²) in [6.45, 7) is 0.222. The van der Waals surface area contributed by atoms with E-state index in [1.807, 2.05) is 30.3 Å². The molecule has 2 aromatic rings. The molecule has 0 aliphatic carbocycles. The molecule has 0 saturated carbocycles. The quantitative estimate of drug-likeness (QED) is 0.785. The van der Waals surface area contributed by atoms with Crippen molar-refractivity contribution in [2.45, 2.75) is 6.61 Å². The molecule has 0 N–H and O–H groups in total. The molecule has 0 fully saturated rings. The van der Waals surface area contributed by atoms with Crippen LogP contribution >= 0.6 is 0 Å². The summed E-state index contributed by atoms with van der Waals surface area (Å²) in [5.74, 6) is 0.444. The monoisotopic (exact) mass is 272 g/mol. The van der Waals surface area contributed by atoms with Crippen LogP contribution in [0.15, 0.2) is 48.5 Å². The van der Waals surface area contributed by atoms with E-state index in [2.05, 4.69) is 0 Å². The molecule has 0 bridgehead atoms. The number of hydrogen-bond acceptors (Lipinski definition) is 4. The number of benzene rings is 2. The van der Waals surface area contributed by atoms with Crippen LogP contribution < -0.4 is 9.47 Å². The Kier molecular flexibility index (Phi) is 4.60. The number of hydrogen-bond donors (Lipinski definition) is 0. The number of rotatable bonds is 5. The zero-order chi connectivity index (χ0) is 14.4. The van der Waals surface area contributed by atoms with E-state index in [1.165, 1.54) is 14.2 Å². The van der Waals surface area contributed by atoms with Crippen molar-refractivity contribution >= 4 is 5.97 Å². The van der Waals surface area contributed by atoms with E-state index in [0.29, 0.717) is 17.1 Å². The van der Waals surface area contributed by atoms with Crippen LogP contribution in [0.3, 0.4) is 0 Å². The second-order valence-corrected chi connectivity index (χ2v) is 4.10. The molecule has 0 spiro atoms. The van der Waals surface area contributed by atoms with Crippen LogP contribution in [0.25, 0.3) is 0 Å². The summed E-state index contributed by atoms with van der Waals surface area (Å²) >= 11 is 0. The van der Waals surface area contributed by atoms with Crippen molar-refractivity contribution in [2.75, 3.05) is 14.2 Å². The fourth-order valence-corrected chi connectivity index (χ4v) is 1.85. The summed E-state index contributed by atoms with van der Waals surface area (Å²) in [5.41, 5.74) is 1.28. The standard InChI is InChI=1S/C16H16O4/c1-18-14-10-6-9-13(15(14)19-2)16(17)20-11-12-7-4-3-5-8-12/h3-10H,11H2,1-2H3. The van der Waals surface area contributed by atoms with Crippen LogP contribution in [0, 0.1) is 0 Å². The van der Waals surface area contributed by atoms with E-state index >= 15 is 0 Å². The first-order chi connectivity index (χ1) is 9.76. The summed E-state index contributed by atoms with van der Waals surface area (Å²) < 4.78 is 15.7. The van der Waals surface area contributed by atoms with E-state index in [9.17, 15) is 4.79 Å². The molecule has 0 aliphatic rings. The number of methoxy groups -OCH3 is 2. The second-order valence-electron chi connectivity index (χ2n) is 4.10. The first kappa shape index (κ1) is 13.9. The highest BCUT2D eigenvalue weighted by Gasteiger charge is 2.17. The van der Waals surface area contributed by atoms with E-state index in [0.717, 1.165) is 5.56 Å². The highest BCUT2D eigenvalue weighted by molar-refractivity contribution is 5.93. The molecule has 4 nitrogen and oxygen atoms in total. The van der Waals surface area contributed by atoms with Gasteiger partial charge < -0.3 is 14.2 Å². The molecule has 2 rings (SSSR count). The Morgan fingerprint density at radius 2 is 1.70 bits per heavy atom. The lowest BCUT2D eigenvalue weighted by atomic mass is 10.2. The van der Waals surface area contributed by atoms with Gasteiger partial charge in [-0.1, -0.05) is 36.4 Å². The lowest BCUT2D eigenvalue weighted by Gasteiger charge is -2.12. The summed E-state index contributed by atoms with van der Waals surface area (Å²) in [4.78, 5) is 12.1. The van der Waals surface area contributed by atoms with Gasteiger partial charge in [-0.25, -0.2) is 4.79 Å². The van der Waals surface area contributed by atoms with Crippen molar-refractivity contribution in [3.8, 4) is 11.5 Å². The third-order valence-electron chi connectivity index (χ3n) is 2.84. The molecule has 0 saturated heterocycles. The Morgan fingerprint density at radius 1 is 0.950 bits per heavy atom. The summed E-state index contributed by atoms with van der Waals surface area (Å²) in [5, 5.41) is 0. The molecule has 0 atom stereocenters. The maximum atomic E-state index is 12.1. The lowest BCUT2D eigenvalue weighted by Crippen LogP contribution is -2.08. The Labute approximate surface area is 117 Å². The minimum Gasteiger partial charge on any atom is -0.493 e. The van der Waals surface area contributed by atoms with E-state index in [4.69, 9.17) is 14.2 Å². The van der Waals surface area contributed by atoms with Crippen molar-refractivity contribution in [1.29, 1.82) is 0 Å². The number of carbonyl (C=O) groups is 1. The third kappa shape index (κ3) is 3.09. The highest BCUT2D eigenvalue weighted by Crippen LogP contribution is 2.31. The minimum absolute atomic E-state index is 0.222. The molecule has 0 radical (unpaired) electrons. The third-order valence-corrected chi connectivity index (χ3v) is 2.84. The smallest absolute Gasteiger partial charge is 0.342 e. The average Bonchev–Trinajstić information content (AvgIpc) is 2.52. The largest absolute Gasteiger partial charge is 0.493 e. The molecule has 0 aliphatic heterocycles. The Morgan fingerprint density at radius 3 is 2.35 bits per heavy atom.